The number of likely N-dealkylation sites (tertiary alicyclic amines) is 2. The van der Waals surface area contributed by atoms with Crippen LogP contribution in [0.5, 0.6) is 5.75 Å². The van der Waals surface area contributed by atoms with Crippen LogP contribution in [0.4, 0.5) is 0 Å². The Morgan fingerprint density at radius 1 is 1.17 bits per heavy atom. The largest absolute Gasteiger partial charge is 0.496 e. The molecule has 0 N–H and O–H groups in total. The molecule has 2 bridgehead atoms. The average Bonchev–Trinajstić information content (AvgIpc) is 3.36. The third-order valence-electron chi connectivity index (χ3n) is 6.94. The molecule has 2 saturated heterocycles. The second-order valence-corrected chi connectivity index (χ2v) is 8.39. The number of pyridine rings is 1. The number of piperazine rings is 1. The summed E-state index contributed by atoms with van der Waals surface area (Å²) in [6.45, 7) is 10.4. The van der Waals surface area contributed by atoms with Gasteiger partial charge >= 0.3 is 0 Å². The minimum absolute atomic E-state index is 0.0731. The first-order valence-corrected chi connectivity index (χ1v) is 10.6. The standard InChI is InChI=1S/C24H31N3O2/c1-6-18-7-9-22(25-12-18)24(28)27-14-19-11-20(27)13-26(19)17(4)21-8-10-23(29-5)16(3)15(21)2/h7-10,12,17,19-20H,6,11,13-14H2,1-5H3/t17-,19-,20-/m0/s1. The van der Waals surface area contributed by atoms with Gasteiger partial charge in [-0.1, -0.05) is 19.1 Å². The van der Waals surface area contributed by atoms with E-state index >= 15 is 0 Å². The van der Waals surface area contributed by atoms with Crippen molar-refractivity contribution >= 4 is 5.91 Å². The van der Waals surface area contributed by atoms with Gasteiger partial charge in [-0.05, 0) is 68.0 Å². The maximum Gasteiger partial charge on any atom is 0.272 e. The molecule has 0 saturated carbocycles. The summed E-state index contributed by atoms with van der Waals surface area (Å²) in [7, 11) is 1.72. The zero-order valence-corrected chi connectivity index (χ0v) is 18.1. The number of hydrogen-bond donors (Lipinski definition) is 0. The topological polar surface area (TPSA) is 45.7 Å². The Morgan fingerprint density at radius 2 is 1.97 bits per heavy atom. The van der Waals surface area contributed by atoms with Gasteiger partial charge in [-0.3, -0.25) is 14.7 Å². The summed E-state index contributed by atoms with van der Waals surface area (Å²) in [5.74, 6) is 1.02. The summed E-state index contributed by atoms with van der Waals surface area (Å²) in [6.07, 6.45) is 3.81. The Balaban J connectivity index is 1.47. The summed E-state index contributed by atoms with van der Waals surface area (Å²) in [5.41, 5.74) is 5.59. The van der Waals surface area contributed by atoms with Gasteiger partial charge in [0, 0.05) is 37.4 Å². The van der Waals surface area contributed by atoms with Crippen molar-refractivity contribution in [3.63, 3.8) is 0 Å². The van der Waals surface area contributed by atoms with Crippen molar-refractivity contribution in [3.05, 3.63) is 58.4 Å². The molecular formula is C24H31N3O2. The van der Waals surface area contributed by atoms with Crippen LogP contribution in [0.25, 0.3) is 0 Å². The zero-order chi connectivity index (χ0) is 20.7. The lowest BCUT2D eigenvalue weighted by molar-refractivity contribution is 0.0563. The van der Waals surface area contributed by atoms with E-state index in [0.29, 0.717) is 17.8 Å². The molecule has 2 aromatic rings. The number of amides is 1. The molecule has 29 heavy (non-hydrogen) atoms. The van der Waals surface area contributed by atoms with Crippen LogP contribution in [0.3, 0.4) is 0 Å². The second-order valence-electron chi connectivity index (χ2n) is 8.39. The summed E-state index contributed by atoms with van der Waals surface area (Å²) in [5, 5.41) is 0. The van der Waals surface area contributed by atoms with Crippen LogP contribution in [0, 0.1) is 13.8 Å². The van der Waals surface area contributed by atoms with E-state index in [0.717, 1.165) is 37.2 Å². The van der Waals surface area contributed by atoms with E-state index in [-0.39, 0.29) is 11.9 Å². The fourth-order valence-electron chi connectivity index (χ4n) is 5.00. The number of aryl methyl sites for hydroxylation is 1. The van der Waals surface area contributed by atoms with Crippen LogP contribution in [0.2, 0.25) is 0 Å². The molecule has 0 unspecified atom stereocenters. The summed E-state index contributed by atoms with van der Waals surface area (Å²) < 4.78 is 5.47. The lowest BCUT2D eigenvalue weighted by atomic mass is 9.96. The van der Waals surface area contributed by atoms with Gasteiger partial charge in [-0.15, -0.1) is 0 Å². The minimum atomic E-state index is 0.0731. The molecule has 2 aliphatic heterocycles. The first-order valence-electron chi connectivity index (χ1n) is 10.6. The van der Waals surface area contributed by atoms with Crippen LogP contribution >= 0.6 is 0 Å². The maximum absolute atomic E-state index is 13.0. The molecule has 0 aliphatic carbocycles. The first-order chi connectivity index (χ1) is 13.9. The number of carbonyl (C=O) groups is 1. The van der Waals surface area contributed by atoms with Crippen molar-refractivity contribution in [3.8, 4) is 5.75 Å². The Kier molecular flexibility index (Phi) is 5.34. The van der Waals surface area contributed by atoms with Crippen molar-refractivity contribution in [1.29, 1.82) is 0 Å². The van der Waals surface area contributed by atoms with E-state index in [1.165, 1.54) is 16.7 Å². The number of rotatable bonds is 5. The number of fused-ring (bicyclic) bond motifs is 2. The van der Waals surface area contributed by atoms with Crippen LogP contribution in [0.1, 0.15) is 59.1 Å². The molecular weight excluding hydrogens is 362 g/mol. The van der Waals surface area contributed by atoms with Crippen molar-refractivity contribution in [2.45, 2.75) is 58.7 Å². The summed E-state index contributed by atoms with van der Waals surface area (Å²) >= 11 is 0. The molecule has 0 radical (unpaired) electrons. The predicted molar refractivity (Wildman–Crippen MR) is 114 cm³/mol. The highest BCUT2D eigenvalue weighted by Gasteiger charge is 2.47. The Bertz CT molecular complexity index is 909. The summed E-state index contributed by atoms with van der Waals surface area (Å²) in [6, 6.07) is 9.17. The van der Waals surface area contributed by atoms with Crippen LogP contribution < -0.4 is 4.74 Å². The highest BCUT2D eigenvalue weighted by Crippen LogP contribution is 2.39. The lowest BCUT2D eigenvalue weighted by Crippen LogP contribution is -2.49. The molecule has 5 heteroatoms. The van der Waals surface area contributed by atoms with E-state index in [4.69, 9.17) is 4.74 Å². The number of carbonyl (C=O) groups excluding carboxylic acids is 1. The smallest absolute Gasteiger partial charge is 0.272 e. The van der Waals surface area contributed by atoms with Gasteiger partial charge in [0.05, 0.1) is 7.11 Å². The molecule has 3 heterocycles. The fourth-order valence-corrected chi connectivity index (χ4v) is 5.00. The van der Waals surface area contributed by atoms with Gasteiger partial charge in [-0.25, -0.2) is 0 Å². The van der Waals surface area contributed by atoms with E-state index in [9.17, 15) is 4.79 Å². The number of hydrogen-bond acceptors (Lipinski definition) is 4. The number of methoxy groups -OCH3 is 1. The SMILES string of the molecule is CCc1ccc(C(=O)N2C[C@@H]3C[C@H]2CN3[C@@H](C)c2ccc(OC)c(C)c2C)nc1. The molecule has 3 atom stereocenters. The number of nitrogens with zero attached hydrogens (tertiary/aromatic N) is 3. The third-order valence-corrected chi connectivity index (χ3v) is 6.94. The van der Waals surface area contributed by atoms with Gasteiger partial charge in [0.25, 0.3) is 5.91 Å². The molecule has 4 rings (SSSR count). The molecule has 154 valence electrons. The van der Waals surface area contributed by atoms with Crippen LogP contribution in [-0.2, 0) is 6.42 Å². The molecule has 2 aliphatic rings. The number of aromatic nitrogens is 1. The Hall–Kier alpha value is -2.40. The van der Waals surface area contributed by atoms with Crippen molar-refractivity contribution in [2.75, 3.05) is 20.2 Å². The van der Waals surface area contributed by atoms with Crippen LogP contribution in [0.15, 0.2) is 30.5 Å². The highest BCUT2D eigenvalue weighted by molar-refractivity contribution is 5.93. The zero-order valence-electron chi connectivity index (χ0n) is 18.1. The van der Waals surface area contributed by atoms with Crippen LogP contribution in [-0.4, -0.2) is 53.0 Å². The van der Waals surface area contributed by atoms with Gasteiger partial charge in [-0.2, -0.15) is 0 Å². The summed E-state index contributed by atoms with van der Waals surface area (Å²) in [4.78, 5) is 22.0. The minimum Gasteiger partial charge on any atom is -0.496 e. The Labute approximate surface area is 173 Å². The normalized spacial score (nSPS) is 22.2. The van der Waals surface area contributed by atoms with Gasteiger partial charge in [0.15, 0.2) is 0 Å². The molecule has 1 aromatic heterocycles. The predicted octanol–water partition coefficient (Wildman–Crippen LogP) is 3.93. The molecule has 0 spiro atoms. The quantitative estimate of drug-likeness (QED) is 0.772. The highest BCUT2D eigenvalue weighted by atomic mass is 16.5. The molecule has 1 aromatic carbocycles. The van der Waals surface area contributed by atoms with E-state index < -0.39 is 0 Å². The van der Waals surface area contributed by atoms with Gasteiger partial charge in [0.1, 0.15) is 11.4 Å². The number of ether oxygens (including phenoxy) is 1. The van der Waals surface area contributed by atoms with E-state index in [1.54, 1.807) is 7.11 Å². The van der Waals surface area contributed by atoms with Gasteiger partial charge < -0.3 is 9.64 Å². The molecule has 2 fully saturated rings. The molecule has 5 nitrogen and oxygen atoms in total. The monoisotopic (exact) mass is 393 g/mol. The van der Waals surface area contributed by atoms with Gasteiger partial charge in [0.2, 0.25) is 0 Å². The second kappa shape index (κ2) is 7.79. The van der Waals surface area contributed by atoms with E-state index in [1.807, 2.05) is 23.2 Å². The number of benzene rings is 1. The third kappa shape index (κ3) is 3.42. The van der Waals surface area contributed by atoms with Crippen molar-refractivity contribution < 1.29 is 9.53 Å². The molecule has 1 amide bonds. The van der Waals surface area contributed by atoms with Crippen molar-refractivity contribution in [2.24, 2.45) is 0 Å². The first kappa shape index (κ1) is 19.9. The van der Waals surface area contributed by atoms with Crippen molar-refractivity contribution in [1.82, 2.24) is 14.8 Å². The van der Waals surface area contributed by atoms with E-state index in [2.05, 4.69) is 49.7 Å². The fraction of sp³-hybridized carbons (Fsp3) is 0.500. The Morgan fingerprint density at radius 3 is 2.55 bits per heavy atom. The lowest BCUT2D eigenvalue weighted by Gasteiger charge is -2.38. The maximum atomic E-state index is 13.0. The average molecular weight is 394 g/mol.